The van der Waals surface area contributed by atoms with E-state index >= 15 is 0 Å². The van der Waals surface area contributed by atoms with Gasteiger partial charge in [-0.15, -0.1) is 11.3 Å². The molecule has 2 heteroatoms. The van der Waals surface area contributed by atoms with Crippen molar-refractivity contribution in [1.29, 1.82) is 0 Å². The lowest BCUT2D eigenvalue weighted by Gasteiger charge is -2.23. The predicted molar refractivity (Wildman–Crippen MR) is 46.0 cm³/mol. The summed E-state index contributed by atoms with van der Waals surface area (Å²) in [5, 5.41) is 2.07. The minimum absolute atomic E-state index is 0.259. The first kappa shape index (κ1) is 7.04. The maximum atomic E-state index is 11.1. The van der Waals surface area contributed by atoms with Crippen molar-refractivity contribution in [3.8, 4) is 0 Å². The standard InChI is InChI=1S/C9H10OS/c1-6-4-5-11-9(6)7-2-3-8(7)10/h4-5,7H,2-3H2,1H3/t7-/m0/s1. The first-order chi connectivity index (χ1) is 5.29. The van der Waals surface area contributed by atoms with Gasteiger partial charge in [-0.2, -0.15) is 0 Å². The molecule has 1 aliphatic rings. The zero-order chi connectivity index (χ0) is 7.84. The Morgan fingerprint density at radius 3 is 2.82 bits per heavy atom. The molecular weight excluding hydrogens is 156 g/mol. The van der Waals surface area contributed by atoms with Crippen molar-refractivity contribution in [2.75, 3.05) is 0 Å². The van der Waals surface area contributed by atoms with Crippen LogP contribution in [-0.2, 0) is 4.79 Å². The van der Waals surface area contributed by atoms with E-state index in [1.54, 1.807) is 11.3 Å². The maximum absolute atomic E-state index is 11.1. The lowest BCUT2D eigenvalue weighted by Crippen LogP contribution is -2.22. The predicted octanol–water partition coefficient (Wildman–Crippen LogP) is 2.50. The molecule has 0 radical (unpaired) electrons. The molecule has 0 aromatic carbocycles. The second-order valence-electron chi connectivity index (χ2n) is 3.03. The summed E-state index contributed by atoms with van der Waals surface area (Å²) in [6.45, 7) is 2.08. The van der Waals surface area contributed by atoms with Crippen LogP contribution in [0.5, 0.6) is 0 Å². The number of ketones is 1. The van der Waals surface area contributed by atoms with Crippen molar-refractivity contribution in [2.45, 2.75) is 25.7 Å². The van der Waals surface area contributed by atoms with Gasteiger partial charge in [0.05, 0.1) is 5.92 Å². The summed E-state index contributed by atoms with van der Waals surface area (Å²) in [6.07, 6.45) is 1.86. The molecule has 58 valence electrons. The van der Waals surface area contributed by atoms with Gasteiger partial charge in [0.25, 0.3) is 0 Å². The highest BCUT2D eigenvalue weighted by Gasteiger charge is 2.31. The van der Waals surface area contributed by atoms with Crippen LogP contribution in [0.2, 0.25) is 0 Å². The number of Topliss-reactive ketones (excluding diaryl/α,β-unsaturated/α-hetero) is 1. The molecule has 1 aromatic heterocycles. The Balaban J connectivity index is 2.29. The molecule has 1 saturated carbocycles. The smallest absolute Gasteiger partial charge is 0.141 e. The van der Waals surface area contributed by atoms with Gasteiger partial charge >= 0.3 is 0 Å². The maximum Gasteiger partial charge on any atom is 0.141 e. The second kappa shape index (κ2) is 2.45. The lowest BCUT2D eigenvalue weighted by molar-refractivity contribution is -0.125. The fraction of sp³-hybridized carbons (Fsp3) is 0.444. The Kier molecular flexibility index (Phi) is 1.57. The molecule has 0 amide bonds. The van der Waals surface area contributed by atoms with Gasteiger partial charge in [0.15, 0.2) is 0 Å². The summed E-state index contributed by atoms with van der Waals surface area (Å²) < 4.78 is 0. The van der Waals surface area contributed by atoms with Crippen molar-refractivity contribution in [3.63, 3.8) is 0 Å². The van der Waals surface area contributed by atoms with Gasteiger partial charge in [-0.3, -0.25) is 4.79 Å². The number of hydrogen-bond donors (Lipinski definition) is 0. The number of aryl methyl sites for hydroxylation is 1. The van der Waals surface area contributed by atoms with Gasteiger partial charge in [-0.05, 0) is 30.4 Å². The van der Waals surface area contributed by atoms with Crippen LogP contribution in [0.1, 0.15) is 29.2 Å². The van der Waals surface area contributed by atoms with Crippen molar-refractivity contribution in [2.24, 2.45) is 0 Å². The van der Waals surface area contributed by atoms with Gasteiger partial charge in [-0.25, -0.2) is 0 Å². The highest BCUT2D eigenvalue weighted by Crippen LogP contribution is 2.37. The SMILES string of the molecule is Cc1ccsc1[C@H]1CCC1=O. The van der Waals surface area contributed by atoms with E-state index in [0.717, 1.165) is 12.8 Å². The first-order valence-electron chi connectivity index (χ1n) is 3.86. The van der Waals surface area contributed by atoms with E-state index < -0.39 is 0 Å². The third kappa shape index (κ3) is 1.02. The lowest BCUT2D eigenvalue weighted by atomic mass is 9.82. The van der Waals surface area contributed by atoms with Crippen molar-refractivity contribution < 1.29 is 4.79 Å². The summed E-state index contributed by atoms with van der Waals surface area (Å²) in [4.78, 5) is 12.4. The number of carbonyl (C=O) groups excluding carboxylic acids is 1. The molecule has 1 fully saturated rings. The highest BCUT2D eigenvalue weighted by atomic mass is 32.1. The summed E-state index contributed by atoms with van der Waals surface area (Å²) in [5.41, 5.74) is 1.29. The molecular formula is C9H10OS. The largest absolute Gasteiger partial charge is 0.299 e. The summed E-state index contributed by atoms with van der Waals surface area (Å²) >= 11 is 1.72. The zero-order valence-electron chi connectivity index (χ0n) is 6.46. The van der Waals surface area contributed by atoms with Gasteiger partial charge in [0, 0.05) is 11.3 Å². The van der Waals surface area contributed by atoms with E-state index in [-0.39, 0.29) is 5.92 Å². The molecule has 0 spiro atoms. The van der Waals surface area contributed by atoms with Crippen molar-refractivity contribution >= 4 is 17.1 Å². The summed E-state index contributed by atoms with van der Waals surface area (Å²) in [5.74, 6) is 0.686. The molecule has 0 unspecified atom stereocenters. The molecule has 0 aliphatic heterocycles. The van der Waals surface area contributed by atoms with Gasteiger partial charge in [-0.1, -0.05) is 0 Å². The monoisotopic (exact) mass is 166 g/mol. The zero-order valence-corrected chi connectivity index (χ0v) is 7.28. The van der Waals surface area contributed by atoms with Crippen LogP contribution in [-0.4, -0.2) is 5.78 Å². The quantitative estimate of drug-likeness (QED) is 0.626. The summed E-state index contributed by atoms with van der Waals surface area (Å²) in [7, 11) is 0. The molecule has 1 atom stereocenters. The van der Waals surface area contributed by atoms with Gasteiger partial charge < -0.3 is 0 Å². The van der Waals surface area contributed by atoms with Crippen molar-refractivity contribution in [1.82, 2.24) is 0 Å². The third-order valence-electron chi connectivity index (χ3n) is 2.29. The highest BCUT2D eigenvalue weighted by molar-refractivity contribution is 7.10. The van der Waals surface area contributed by atoms with E-state index in [1.165, 1.54) is 10.4 Å². The topological polar surface area (TPSA) is 17.1 Å². The molecule has 1 heterocycles. The van der Waals surface area contributed by atoms with E-state index in [2.05, 4.69) is 18.4 Å². The van der Waals surface area contributed by atoms with Crippen LogP contribution in [0.25, 0.3) is 0 Å². The minimum atomic E-state index is 0.259. The number of carbonyl (C=O) groups is 1. The van der Waals surface area contributed by atoms with Gasteiger partial charge in [0.1, 0.15) is 5.78 Å². The number of thiophene rings is 1. The fourth-order valence-electron chi connectivity index (χ4n) is 1.43. The number of rotatable bonds is 1. The molecule has 11 heavy (non-hydrogen) atoms. The molecule has 1 aliphatic carbocycles. The van der Waals surface area contributed by atoms with Crippen LogP contribution in [0.4, 0.5) is 0 Å². The van der Waals surface area contributed by atoms with Gasteiger partial charge in [0.2, 0.25) is 0 Å². The van der Waals surface area contributed by atoms with Crippen LogP contribution in [0.3, 0.4) is 0 Å². The van der Waals surface area contributed by atoms with Crippen LogP contribution in [0.15, 0.2) is 11.4 Å². The molecule has 2 rings (SSSR count). The van der Waals surface area contributed by atoms with E-state index in [9.17, 15) is 4.79 Å². The Labute approximate surface area is 70.1 Å². The third-order valence-corrected chi connectivity index (χ3v) is 3.42. The van der Waals surface area contributed by atoms with E-state index in [0.29, 0.717) is 5.78 Å². The molecule has 0 bridgehead atoms. The molecule has 0 saturated heterocycles. The fourth-order valence-corrected chi connectivity index (χ4v) is 2.51. The minimum Gasteiger partial charge on any atom is -0.299 e. The van der Waals surface area contributed by atoms with Crippen LogP contribution in [0, 0.1) is 6.92 Å². The first-order valence-corrected chi connectivity index (χ1v) is 4.73. The Morgan fingerprint density at radius 1 is 1.64 bits per heavy atom. The second-order valence-corrected chi connectivity index (χ2v) is 3.97. The average molecular weight is 166 g/mol. The van der Waals surface area contributed by atoms with Crippen LogP contribution >= 0.6 is 11.3 Å². The van der Waals surface area contributed by atoms with Crippen molar-refractivity contribution in [3.05, 3.63) is 21.9 Å². The molecule has 1 nitrogen and oxygen atoms in total. The molecule has 0 N–H and O–H groups in total. The van der Waals surface area contributed by atoms with E-state index in [1.807, 2.05) is 0 Å². The molecule has 1 aromatic rings. The normalized spacial score (nSPS) is 23.4. The Morgan fingerprint density at radius 2 is 2.45 bits per heavy atom. The Bertz CT molecular complexity index is 288. The average Bonchev–Trinajstić information content (AvgIpc) is 2.34. The Hall–Kier alpha value is -0.630. The number of hydrogen-bond acceptors (Lipinski definition) is 2. The van der Waals surface area contributed by atoms with E-state index in [4.69, 9.17) is 0 Å². The van der Waals surface area contributed by atoms with Crippen LogP contribution < -0.4 is 0 Å². The summed E-state index contributed by atoms with van der Waals surface area (Å²) in [6, 6.07) is 2.09.